The Balaban J connectivity index is 2.45. The second kappa shape index (κ2) is 5.55. The van der Waals surface area contributed by atoms with Crippen molar-refractivity contribution in [2.24, 2.45) is 0 Å². The lowest BCUT2D eigenvalue weighted by Crippen LogP contribution is -2.21. The van der Waals surface area contributed by atoms with Crippen LogP contribution in [-0.2, 0) is 6.54 Å². The first-order valence-corrected chi connectivity index (χ1v) is 6.49. The summed E-state index contributed by atoms with van der Waals surface area (Å²) in [5.41, 5.74) is 3.49. The molecule has 1 heterocycles. The topological polar surface area (TPSA) is 29.9 Å². The van der Waals surface area contributed by atoms with Crippen molar-refractivity contribution in [1.29, 1.82) is 0 Å². The van der Waals surface area contributed by atoms with E-state index < -0.39 is 0 Å². The number of hydrogen-bond acceptors (Lipinski definition) is 2. The zero-order chi connectivity index (χ0) is 13.1. The largest absolute Gasteiger partial charge is 0.308 e. The molecule has 0 aliphatic rings. The molecule has 0 spiro atoms. The summed E-state index contributed by atoms with van der Waals surface area (Å²) in [6, 6.07) is 8.28. The summed E-state index contributed by atoms with van der Waals surface area (Å²) in [5.74, 6) is 0. The number of nitrogens with one attached hydrogen (secondary N) is 1. The number of nitrogens with zero attached hydrogens (tertiary/aromatic N) is 2. The molecule has 1 unspecified atom stereocenters. The normalized spacial score (nSPS) is 12.7. The van der Waals surface area contributed by atoms with Gasteiger partial charge in [0.15, 0.2) is 0 Å². The van der Waals surface area contributed by atoms with Crippen LogP contribution >= 0.6 is 11.6 Å². The van der Waals surface area contributed by atoms with Crippen LogP contribution in [0.5, 0.6) is 0 Å². The van der Waals surface area contributed by atoms with Gasteiger partial charge in [-0.15, -0.1) is 0 Å². The maximum Gasteiger partial charge on any atom is 0.0746 e. The van der Waals surface area contributed by atoms with Gasteiger partial charge in [0.2, 0.25) is 0 Å². The van der Waals surface area contributed by atoms with E-state index in [0.29, 0.717) is 0 Å². The molecule has 0 amide bonds. The zero-order valence-electron chi connectivity index (χ0n) is 10.9. The molecule has 0 aliphatic heterocycles. The second-order valence-corrected chi connectivity index (χ2v) is 4.79. The van der Waals surface area contributed by atoms with E-state index in [1.54, 1.807) is 0 Å². The molecule has 3 nitrogen and oxygen atoms in total. The standard InChI is InChI=1S/C14H18ClN3/c1-4-18-13(5-6-17-18)14(16-3)11-7-10(2)8-12(15)9-11/h5-9,14,16H,4H2,1-3H3. The zero-order valence-corrected chi connectivity index (χ0v) is 11.7. The summed E-state index contributed by atoms with van der Waals surface area (Å²) in [7, 11) is 1.95. The third-order valence-electron chi connectivity index (χ3n) is 3.03. The lowest BCUT2D eigenvalue weighted by Gasteiger charge is -2.18. The van der Waals surface area contributed by atoms with Crippen molar-refractivity contribution >= 4 is 11.6 Å². The lowest BCUT2D eigenvalue weighted by atomic mass is 10.0. The molecule has 96 valence electrons. The van der Waals surface area contributed by atoms with Crippen molar-refractivity contribution in [3.8, 4) is 0 Å². The number of benzene rings is 1. The van der Waals surface area contributed by atoms with E-state index in [0.717, 1.165) is 22.8 Å². The molecule has 18 heavy (non-hydrogen) atoms. The van der Waals surface area contributed by atoms with Gasteiger partial charge < -0.3 is 5.32 Å². The monoisotopic (exact) mass is 263 g/mol. The van der Waals surface area contributed by atoms with Crippen LogP contribution in [0.2, 0.25) is 5.02 Å². The molecule has 1 aromatic carbocycles. The van der Waals surface area contributed by atoms with Crippen molar-refractivity contribution in [2.45, 2.75) is 26.4 Å². The lowest BCUT2D eigenvalue weighted by molar-refractivity contribution is 0.563. The molecule has 4 heteroatoms. The third kappa shape index (κ3) is 2.57. The van der Waals surface area contributed by atoms with Gasteiger partial charge in [-0.2, -0.15) is 5.10 Å². The fraction of sp³-hybridized carbons (Fsp3) is 0.357. The van der Waals surface area contributed by atoms with E-state index >= 15 is 0 Å². The highest BCUT2D eigenvalue weighted by Crippen LogP contribution is 2.25. The predicted octanol–water partition coefficient (Wildman–Crippen LogP) is 3.17. The number of rotatable bonds is 4. The number of aromatic nitrogens is 2. The molecule has 0 radical (unpaired) electrons. The molecule has 2 aromatic rings. The van der Waals surface area contributed by atoms with E-state index in [1.807, 2.05) is 36.1 Å². The average Bonchev–Trinajstić information content (AvgIpc) is 2.77. The highest BCUT2D eigenvalue weighted by Gasteiger charge is 2.16. The predicted molar refractivity (Wildman–Crippen MR) is 75.0 cm³/mol. The minimum absolute atomic E-state index is 0.116. The first-order chi connectivity index (χ1) is 8.65. The molecular formula is C14H18ClN3. The summed E-state index contributed by atoms with van der Waals surface area (Å²) < 4.78 is 2.00. The Kier molecular flexibility index (Phi) is 4.04. The molecular weight excluding hydrogens is 246 g/mol. The first kappa shape index (κ1) is 13.1. The third-order valence-corrected chi connectivity index (χ3v) is 3.25. The fourth-order valence-electron chi connectivity index (χ4n) is 2.27. The Morgan fingerprint density at radius 3 is 2.78 bits per heavy atom. The van der Waals surface area contributed by atoms with E-state index in [4.69, 9.17) is 11.6 Å². The molecule has 1 atom stereocenters. The fourth-order valence-corrected chi connectivity index (χ4v) is 2.57. The van der Waals surface area contributed by atoms with Crippen LogP contribution in [0.25, 0.3) is 0 Å². The molecule has 0 aliphatic carbocycles. The van der Waals surface area contributed by atoms with Crippen molar-refractivity contribution in [2.75, 3.05) is 7.05 Å². The van der Waals surface area contributed by atoms with Gasteiger partial charge in [-0.3, -0.25) is 4.68 Å². The van der Waals surface area contributed by atoms with Crippen molar-refractivity contribution in [1.82, 2.24) is 15.1 Å². The second-order valence-electron chi connectivity index (χ2n) is 4.36. The van der Waals surface area contributed by atoms with Gasteiger partial charge in [-0.1, -0.05) is 17.7 Å². The quantitative estimate of drug-likeness (QED) is 0.918. The maximum atomic E-state index is 6.14. The van der Waals surface area contributed by atoms with Gasteiger partial charge in [0, 0.05) is 17.8 Å². The Morgan fingerprint density at radius 1 is 1.39 bits per heavy atom. The van der Waals surface area contributed by atoms with E-state index in [9.17, 15) is 0 Å². The van der Waals surface area contributed by atoms with Crippen LogP contribution in [0.15, 0.2) is 30.5 Å². The smallest absolute Gasteiger partial charge is 0.0746 e. The van der Waals surface area contributed by atoms with Crippen LogP contribution in [0.1, 0.15) is 29.8 Å². The Morgan fingerprint density at radius 2 is 2.17 bits per heavy atom. The van der Waals surface area contributed by atoms with Crippen molar-refractivity contribution in [3.05, 3.63) is 52.3 Å². The molecule has 0 bridgehead atoms. The van der Waals surface area contributed by atoms with Crippen molar-refractivity contribution < 1.29 is 0 Å². The van der Waals surface area contributed by atoms with Crippen LogP contribution < -0.4 is 5.32 Å². The number of hydrogen-bond donors (Lipinski definition) is 1. The van der Waals surface area contributed by atoms with Crippen molar-refractivity contribution in [3.63, 3.8) is 0 Å². The van der Waals surface area contributed by atoms with E-state index in [1.165, 1.54) is 5.56 Å². The van der Waals surface area contributed by atoms with Gasteiger partial charge in [0.1, 0.15) is 0 Å². The van der Waals surface area contributed by atoms with Gasteiger partial charge in [0.25, 0.3) is 0 Å². The molecule has 0 saturated carbocycles. The minimum atomic E-state index is 0.116. The average molecular weight is 264 g/mol. The summed E-state index contributed by atoms with van der Waals surface area (Å²) in [4.78, 5) is 0. The van der Waals surface area contributed by atoms with Gasteiger partial charge in [0.05, 0.1) is 11.7 Å². The van der Waals surface area contributed by atoms with Gasteiger partial charge in [-0.05, 0) is 50.2 Å². The molecule has 1 aromatic heterocycles. The first-order valence-electron chi connectivity index (χ1n) is 6.11. The minimum Gasteiger partial charge on any atom is -0.308 e. The highest BCUT2D eigenvalue weighted by atomic mass is 35.5. The molecule has 2 rings (SSSR count). The molecule has 0 saturated heterocycles. The van der Waals surface area contributed by atoms with Crippen LogP contribution in [-0.4, -0.2) is 16.8 Å². The summed E-state index contributed by atoms with van der Waals surface area (Å²) in [5, 5.41) is 8.42. The summed E-state index contributed by atoms with van der Waals surface area (Å²) >= 11 is 6.14. The van der Waals surface area contributed by atoms with E-state index in [-0.39, 0.29) is 6.04 Å². The Bertz CT molecular complexity index is 513. The van der Waals surface area contributed by atoms with Gasteiger partial charge in [-0.25, -0.2) is 0 Å². The number of aryl methyl sites for hydroxylation is 2. The van der Waals surface area contributed by atoms with Gasteiger partial charge >= 0.3 is 0 Å². The maximum absolute atomic E-state index is 6.14. The summed E-state index contributed by atoms with van der Waals surface area (Å²) in [6.45, 7) is 5.01. The Hall–Kier alpha value is -1.32. The number of halogens is 1. The Labute approximate surface area is 113 Å². The van der Waals surface area contributed by atoms with Crippen LogP contribution in [0.3, 0.4) is 0 Å². The molecule has 1 N–H and O–H groups in total. The van der Waals surface area contributed by atoms with Crippen LogP contribution in [0.4, 0.5) is 0 Å². The summed E-state index contributed by atoms with van der Waals surface area (Å²) in [6.07, 6.45) is 1.83. The SMILES string of the molecule is CCn1nccc1C(NC)c1cc(C)cc(Cl)c1. The molecule has 0 fully saturated rings. The van der Waals surface area contributed by atoms with E-state index in [2.05, 4.69) is 30.3 Å². The van der Waals surface area contributed by atoms with Crippen LogP contribution in [0, 0.1) is 6.92 Å². The highest BCUT2D eigenvalue weighted by molar-refractivity contribution is 6.30.